The number of carbonyl (C=O) groups is 1. The molecule has 2 saturated carbocycles. The molecule has 1 aromatic carbocycles. The van der Waals surface area contributed by atoms with E-state index in [0.717, 1.165) is 44.3 Å². The van der Waals surface area contributed by atoms with Crippen LogP contribution in [-0.4, -0.2) is 33.5 Å². The molecule has 0 aromatic heterocycles. The summed E-state index contributed by atoms with van der Waals surface area (Å²) < 4.78 is 51.3. The minimum atomic E-state index is -4.75. The van der Waals surface area contributed by atoms with Crippen LogP contribution in [0.1, 0.15) is 96.1 Å². The fraction of sp³-hybridized carbons (Fsp3) is 0.727. The molecule has 0 saturated heterocycles. The first-order valence-electron chi connectivity index (χ1n) is 15.1. The van der Waals surface area contributed by atoms with Gasteiger partial charge in [-0.05, 0) is 115 Å². The summed E-state index contributed by atoms with van der Waals surface area (Å²) in [6, 6.07) is 6.42. The summed E-state index contributed by atoms with van der Waals surface area (Å²) in [5, 5.41) is 0.113. The molecule has 6 atom stereocenters. The topological polar surface area (TPSA) is 35.5 Å². The minimum Gasteiger partial charge on any atom is -0.497 e. The molecule has 40 heavy (non-hydrogen) atoms. The van der Waals surface area contributed by atoms with Crippen molar-refractivity contribution < 1.29 is 27.1 Å². The second-order valence-corrected chi connectivity index (χ2v) is 19.2. The number of allylic oxidation sites excluding steroid dienone is 1. The number of ketones is 1. The molecule has 0 aliphatic heterocycles. The van der Waals surface area contributed by atoms with Gasteiger partial charge < -0.3 is 9.16 Å². The summed E-state index contributed by atoms with van der Waals surface area (Å²) >= 11 is 0. The third-order valence-electron chi connectivity index (χ3n) is 11.3. The van der Waals surface area contributed by atoms with Crippen LogP contribution in [0.25, 0.3) is 0 Å². The van der Waals surface area contributed by atoms with Gasteiger partial charge in [-0.15, -0.1) is 6.58 Å². The maximum absolute atomic E-state index is 12.9. The Balaban J connectivity index is 1.69. The molecule has 0 radical (unpaired) electrons. The van der Waals surface area contributed by atoms with Gasteiger partial charge in [-0.2, -0.15) is 13.2 Å². The highest BCUT2D eigenvalue weighted by Crippen LogP contribution is 2.70. The highest BCUT2D eigenvalue weighted by atomic mass is 28.4. The number of Topliss-reactive ketones (excluding diaryl/α,β-unsaturated/α-hetero) is 1. The van der Waals surface area contributed by atoms with Crippen molar-refractivity contribution in [3.05, 3.63) is 42.0 Å². The van der Waals surface area contributed by atoms with Crippen LogP contribution >= 0.6 is 0 Å². The Morgan fingerprint density at radius 2 is 1.88 bits per heavy atom. The van der Waals surface area contributed by atoms with E-state index >= 15 is 0 Å². The molecule has 0 amide bonds. The van der Waals surface area contributed by atoms with E-state index in [4.69, 9.17) is 9.16 Å². The third kappa shape index (κ3) is 5.46. The number of halogens is 3. The summed E-state index contributed by atoms with van der Waals surface area (Å²) in [5.74, 6) is 0.211. The number of ether oxygens (including phenoxy) is 1. The van der Waals surface area contributed by atoms with Gasteiger partial charge in [0.2, 0.25) is 5.78 Å². The molecule has 3 unspecified atom stereocenters. The average molecular weight is 579 g/mol. The molecule has 0 heterocycles. The van der Waals surface area contributed by atoms with Gasteiger partial charge in [-0.3, -0.25) is 4.79 Å². The normalized spacial score (nSPS) is 32.1. The van der Waals surface area contributed by atoms with Crippen LogP contribution in [0.2, 0.25) is 18.1 Å². The van der Waals surface area contributed by atoms with Gasteiger partial charge >= 0.3 is 6.18 Å². The van der Waals surface area contributed by atoms with Gasteiger partial charge in [-0.25, -0.2) is 0 Å². The third-order valence-corrected chi connectivity index (χ3v) is 15.8. The lowest BCUT2D eigenvalue weighted by Crippen LogP contribution is -2.56. The minimum absolute atomic E-state index is 0.0311. The smallest absolute Gasteiger partial charge is 0.449 e. The monoisotopic (exact) mass is 578 g/mol. The Morgan fingerprint density at radius 3 is 2.48 bits per heavy atom. The second-order valence-electron chi connectivity index (χ2n) is 14.5. The van der Waals surface area contributed by atoms with Gasteiger partial charge in [0.05, 0.1) is 13.2 Å². The predicted octanol–water partition coefficient (Wildman–Crippen LogP) is 9.42. The van der Waals surface area contributed by atoms with Crippen LogP contribution in [0.3, 0.4) is 0 Å². The molecule has 0 N–H and O–H groups in total. The number of methoxy groups -OCH3 is 1. The van der Waals surface area contributed by atoms with Crippen LogP contribution < -0.4 is 4.74 Å². The Hall–Kier alpha value is -1.60. The SMILES string of the molecule is C=CC12CCc3cc(OC)ccc3C1[C@@H](CCCCC(=O)C(F)(F)F)C[C@@]1(C)C2CC[C@@H]1O[Si](C)(C)C(C)(C)C. The van der Waals surface area contributed by atoms with E-state index in [1.54, 1.807) is 7.11 Å². The first-order chi connectivity index (χ1) is 18.5. The zero-order chi connectivity index (χ0) is 29.7. The van der Waals surface area contributed by atoms with Gasteiger partial charge in [0.1, 0.15) is 5.75 Å². The van der Waals surface area contributed by atoms with E-state index in [-0.39, 0.29) is 40.2 Å². The van der Waals surface area contributed by atoms with Crippen molar-refractivity contribution in [2.24, 2.45) is 22.7 Å². The van der Waals surface area contributed by atoms with Crippen molar-refractivity contribution >= 4 is 14.1 Å². The van der Waals surface area contributed by atoms with Crippen molar-refractivity contribution in [2.75, 3.05) is 7.11 Å². The summed E-state index contributed by atoms with van der Waals surface area (Å²) in [6.07, 6.45) is 4.00. The fourth-order valence-electron chi connectivity index (χ4n) is 8.35. The number of hydrogen-bond acceptors (Lipinski definition) is 3. The summed E-state index contributed by atoms with van der Waals surface area (Å²) in [5.41, 5.74) is 2.54. The molecular weight excluding hydrogens is 529 g/mol. The lowest BCUT2D eigenvalue weighted by molar-refractivity contribution is -0.171. The van der Waals surface area contributed by atoms with E-state index in [0.29, 0.717) is 12.3 Å². The summed E-state index contributed by atoms with van der Waals surface area (Å²) in [7, 11) is -0.316. The molecule has 0 bridgehead atoms. The first-order valence-corrected chi connectivity index (χ1v) is 18.0. The maximum Gasteiger partial charge on any atom is 0.449 e. The Kier molecular flexibility index (Phi) is 8.54. The Morgan fingerprint density at radius 1 is 1.18 bits per heavy atom. The van der Waals surface area contributed by atoms with E-state index in [9.17, 15) is 18.0 Å². The summed E-state index contributed by atoms with van der Waals surface area (Å²) in [4.78, 5) is 11.6. The van der Waals surface area contributed by atoms with E-state index in [1.807, 2.05) is 6.07 Å². The molecule has 3 aliphatic carbocycles. The van der Waals surface area contributed by atoms with Gasteiger partial charge in [0.25, 0.3) is 0 Å². The molecule has 2 fully saturated rings. The Labute approximate surface area is 240 Å². The molecule has 224 valence electrons. The van der Waals surface area contributed by atoms with Crippen LogP contribution in [-0.2, 0) is 15.6 Å². The Bertz CT molecular complexity index is 1110. The number of benzene rings is 1. The predicted molar refractivity (Wildman–Crippen MR) is 157 cm³/mol. The zero-order valence-electron chi connectivity index (χ0n) is 25.5. The van der Waals surface area contributed by atoms with Crippen molar-refractivity contribution in [1.29, 1.82) is 0 Å². The second kappa shape index (κ2) is 10.9. The molecule has 1 aromatic rings. The number of fused-ring (bicyclic) bond motifs is 5. The van der Waals surface area contributed by atoms with Gasteiger partial charge in [0.15, 0.2) is 8.32 Å². The fourth-order valence-corrected chi connectivity index (χ4v) is 9.80. The molecule has 0 spiro atoms. The van der Waals surface area contributed by atoms with Crippen molar-refractivity contribution in [2.45, 2.75) is 122 Å². The highest BCUT2D eigenvalue weighted by molar-refractivity contribution is 6.74. The average Bonchev–Trinajstić information content (AvgIpc) is 3.19. The van der Waals surface area contributed by atoms with Crippen LogP contribution in [0, 0.1) is 22.7 Å². The lowest BCUT2D eigenvalue weighted by atomic mass is 9.44. The number of alkyl halides is 3. The van der Waals surface area contributed by atoms with Crippen LogP contribution in [0.5, 0.6) is 5.75 Å². The number of rotatable bonds is 9. The van der Waals surface area contributed by atoms with Crippen LogP contribution in [0.4, 0.5) is 13.2 Å². The standard InChI is InChI=1S/C33H49F3O3Si/c1-9-32-19-18-22-20-24(38-6)14-15-25(22)29(32)23(12-10-11-13-27(37)33(34,35)36)21-31(5)26(32)16-17-28(31)39-40(7,8)30(2,3)4/h9,14-15,20,23,26,28-29H,1,10-13,16-19,21H2,2-8H3/t23-,26?,28-,29?,31-,32?/m0/s1. The summed E-state index contributed by atoms with van der Waals surface area (Å²) in [6.45, 7) is 18.4. The largest absolute Gasteiger partial charge is 0.497 e. The van der Waals surface area contributed by atoms with E-state index in [1.165, 1.54) is 11.1 Å². The molecular formula is C33H49F3O3Si. The van der Waals surface area contributed by atoms with E-state index < -0.39 is 26.7 Å². The zero-order valence-corrected chi connectivity index (χ0v) is 26.5. The molecule has 4 rings (SSSR count). The lowest BCUT2D eigenvalue weighted by Gasteiger charge is -2.61. The number of hydrogen-bond donors (Lipinski definition) is 0. The first kappa shape index (κ1) is 31.3. The molecule has 3 nitrogen and oxygen atoms in total. The number of unbranched alkanes of at least 4 members (excludes halogenated alkanes) is 1. The number of aryl methyl sites for hydroxylation is 1. The highest BCUT2D eigenvalue weighted by Gasteiger charge is 2.64. The quantitative estimate of drug-likeness (QED) is 0.166. The van der Waals surface area contributed by atoms with Crippen molar-refractivity contribution in [1.82, 2.24) is 0 Å². The molecule has 7 heteroatoms. The maximum atomic E-state index is 12.9. The number of carbonyl (C=O) groups excluding carboxylic acids is 1. The van der Waals surface area contributed by atoms with E-state index in [2.05, 4.69) is 65.6 Å². The molecule has 3 aliphatic rings. The van der Waals surface area contributed by atoms with Gasteiger partial charge in [-0.1, -0.05) is 46.3 Å². The van der Waals surface area contributed by atoms with Crippen molar-refractivity contribution in [3.8, 4) is 5.75 Å². The van der Waals surface area contributed by atoms with Gasteiger partial charge in [0, 0.05) is 6.42 Å². The van der Waals surface area contributed by atoms with Crippen molar-refractivity contribution in [3.63, 3.8) is 0 Å². The van der Waals surface area contributed by atoms with Crippen LogP contribution in [0.15, 0.2) is 30.9 Å².